The third-order valence-electron chi connectivity index (χ3n) is 2.23. The first-order chi connectivity index (χ1) is 5.79. The summed E-state index contributed by atoms with van der Waals surface area (Å²) in [5.74, 6) is 0. The van der Waals surface area contributed by atoms with Gasteiger partial charge in [-0.1, -0.05) is 36.4 Å². The third-order valence-corrected chi connectivity index (χ3v) is 2.23. The average molecular weight is 155 g/mol. The highest BCUT2D eigenvalue weighted by Gasteiger charge is 1.96. The fourth-order valence-electron chi connectivity index (χ4n) is 1.53. The van der Waals surface area contributed by atoms with Gasteiger partial charge in [0.1, 0.15) is 0 Å². The number of hydrogen-bond acceptors (Lipinski definition) is 0. The van der Waals surface area contributed by atoms with Gasteiger partial charge in [-0.25, -0.2) is 0 Å². The van der Waals surface area contributed by atoms with Gasteiger partial charge in [0, 0.05) is 0 Å². The van der Waals surface area contributed by atoms with Crippen molar-refractivity contribution in [3.05, 3.63) is 54.4 Å². The van der Waals surface area contributed by atoms with Crippen molar-refractivity contribution in [2.75, 3.05) is 0 Å². The van der Waals surface area contributed by atoms with Crippen molar-refractivity contribution in [2.45, 2.75) is 6.92 Å². The first kappa shape index (κ1) is 7.35. The first-order valence-corrected chi connectivity index (χ1v) is 4.09. The normalized spacial score (nSPS) is 10.5. The van der Waals surface area contributed by atoms with Gasteiger partial charge in [-0.2, -0.15) is 0 Å². The second-order valence-corrected chi connectivity index (χ2v) is 3.09. The summed E-state index contributed by atoms with van der Waals surface area (Å²) in [7, 11) is 0. The Morgan fingerprint density at radius 3 is 2.33 bits per heavy atom. The van der Waals surface area contributed by atoms with Gasteiger partial charge in [0.2, 0.25) is 0 Å². The lowest BCUT2D eigenvalue weighted by Gasteiger charge is -2.03. The number of rotatable bonds is 0. The fourth-order valence-corrected chi connectivity index (χ4v) is 1.53. The van der Waals surface area contributed by atoms with Crippen molar-refractivity contribution in [3.63, 3.8) is 0 Å². The molecule has 0 amide bonds. The van der Waals surface area contributed by atoms with E-state index in [0.717, 1.165) is 5.56 Å². The van der Waals surface area contributed by atoms with Crippen LogP contribution < -0.4 is 0 Å². The van der Waals surface area contributed by atoms with Gasteiger partial charge in [-0.05, 0) is 35.7 Å². The number of benzene rings is 2. The van der Waals surface area contributed by atoms with Crippen molar-refractivity contribution in [1.82, 2.24) is 0 Å². The molecule has 0 heterocycles. The minimum atomic E-state index is 1.11. The first-order valence-electron chi connectivity index (χ1n) is 4.09. The molecular formula is C12H11. The Kier molecular flexibility index (Phi) is 1.61. The second kappa shape index (κ2) is 2.63. The maximum absolute atomic E-state index is 3.99. The maximum atomic E-state index is 3.99. The average Bonchev–Trinajstić information content (AvgIpc) is 2.07. The van der Waals surface area contributed by atoms with Crippen LogP contribution in [0.3, 0.4) is 0 Å². The summed E-state index contributed by atoms with van der Waals surface area (Å²) in [6.45, 7) is 6.12. The summed E-state index contributed by atoms with van der Waals surface area (Å²) in [4.78, 5) is 0. The molecule has 0 aromatic heterocycles. The lowest BCUT2D eigenvalue weighted by Crippen LogP contribution is -1.80. The van der Waals surface area contributed by atoms with Crippen molar-refractivity contribution in [1.29, 1.82) is 0 Å². The van der Waals surface area contributed by atoms with E-state index in [1.165, 1.54) is 16.3 Å². The highest BCUT2D eigenvalue weighted by molar-refractivity contribution is 5.88. The van der Waals surface area contributed by atoms with Crippen LogP contribution in [0.4, 0.5) is 0 Å². The van der Waals surface area contributed by atoms with Crippen LogP contribution in [0, 0.1) is 13.8 Å². The van der Waals surface area contributed by atoms with Crippen LogP contribution in [0.1, 0.15) is 11.1 Å². The second-order valence-electron chi connectivity index (χ2n) is 3.09. The van der Waals surface area contributed by atoms with Crippen molar-refractivity contribution in [2.24, 2.45) is 0 Å². The molecule has 0 fully saturated rings. The molecule has 2 rings (SSSR count). The van der Waals surface area contributed by atoms with Gasteiger partial charge in [0.25, 0.3) is 0 Å². The molecule has 0 spiro atoms. The zero-order chi connectivity index (χ0) is 8.55. The topological polar surface area (TPSA) is 0 Å². The lowest BCUT2D eigenvalue weighted by atomic mass is 10.0. The van der Waals surface area contributed by atoms with E-state index in [2.05, 4.69) is 44.2 Å². The predicted octanol–water partition coefficient (Wildman–Crippen LogP) is 3.33. The molecular weight excluding hydrogens is 144 g/mol. The quantitative estimate of drug-likeness (QED) is 0.547. The molecule has 0 aliphatic heterocycles. The smallest absolute Gasteiger partial charge is 0.0149 e. The summed E-state index contributed by atoms with van der Waals surface area (Å²) in [6, 6.07) is 12.6. The lowest BCUT2D eigenvalue weighted by molar-refractivity contribution is 1.52. The highest BCUT2D eigenvalue weighted by Crippen LogP contribution is 2.20. The molecule has 1 radical (unpaired) electrons. The Balaban J connectivity index is 2.94. The summed E-state index contributed by atoms with van der Waals surface area (Å²) in [6.07, 6.45) is 0. The molecule has 0 aliphatic carbocycles. The van der Waals surface area contributed by atoms with Gasteiger partial charge in [0.05, 0.1) is 0 Å². The molecule has 12 heavy (non-hydrogen) atoms. The molecule has 0 nitrogen and oxygen atoms in total. The molecule has 0 saturated carbocycles. The molecule has 0 unspecified atom stereocenters. The standard InChI is InChI=1S/C12H11/c1-9-5-3-8-12-10(2)6-4-7-11(9)12/h3-8H,1H2,2H3. The molecule has 0 heteroatoms. The van der Waals surface area contributed by atoms with Gasteiger partial charge in [-0.3, -0.25) is 0 Å². The number of hydrogen-bond donors (Lipinski definition) is 0. The van der Waals surface area contributed by atoms with Crippen LogP contribution >= 0.6 is 0 Å². The van der Waals surface area contributed by atoms with Crippen molar-refractivity contribution < 1.29 is 0 Å². The molecule has 2 aromatic carbocycles. The van der Waals surface area contributed by atoms with E-state index in [0.29, 0.717) is 0 Å². The minimum Gasteiger partial charge on any atom is -0.0614 e. The largest absolute Gasteiger partial charge is 0.0614 e. The Morgan fingerprint density at radius 1 is 0.917 bits per heavy atom. The van der Waals surface area contributed by atoms with Crippen LogP contribution in [0.5, 0.6) is 0 Å². The van der Waals surface area contributed by atoms with E-state index in [4.69, 9.17) is 0 Å². The van der Waals surface area contributed by atoms with Crippen molar-refractivity contribution >= 4 is 10.8 Å². The Hall–Kier alpha value is -1.30. The zero-order valence-electron chi connectivity index (χ0n) is 7.17. The summed E-state index contributed by atoms with van der Waals surface area (Å²) in [5.41, 5.74) is 2.43. The Morgan fingerprint density at radius 2 is 1.58 bits per heavy atom. The van der Waals surface area contributed by atoms with Crippen LogP contribution in [0.15, 0.2) is 36.4 Å². The molecule has 0 saturated heterocycles. The minimum absolute atomic E-state index is 1.11. The number of aryl methyl sites for hydroxylation is 1. The fraction of sp³-hybridized carbons (Fsp3) is 0.0833. The van der Waals surface area contributed by atoms with Gasteiger partial charge >= 0.3 is 0 Å². The Labute approximate surface area is 72.8 Å². The van der Waals surface area contributed by atoms with Crippen LogP contribution in [0.2, 0.25) is 0 Å². The monoisotopic (exact) mass is 155 g/mol. The van der Waals surface area contributed by atoms with Crippen LogP contribution in [-0.2, 0) is 0 Å². The van der Waals surface area contributed by atoms with Gasteiger partial charge < -0.3 is 0 Å². The van der Waals surface area contributed by atoms with E-state index in [9.17, 15) is 0 Å². The summed E-state index contributed by atoms with van der Waals surface area (Å²) >= 11 is 0. The molecule has 0 atom stereocenters. The molecule has 0 bridgehead atoms. The van der Waals surface area contributed by atoms with Gasteiger partial charge in [-0.15, -0.1) is 0 Å². The van der Waals surface area contributed by atoms with E-state index in [1.54, 1.807) is 0 Å². The molecule has 2 aromatic rings. The summed E-state index contributed by atoms with van der Waals surface area (Å²) in [5, 5.41) is 2.57. The molecule has 59 valence electrons. The molecule has 0 N–H and O–H groups in total. The van der Waals surface area contributed by atoms with E-state index >= 15 is 0 Å². The van der Waals surface area contributed by atoms with Crippen LogP contribution in [0.25, 0.3) is 10.8 Å². The third kappa shape index (κ3) is 1.00. The van der Waals surface area contributed by atoms with Crippen molar-refractivity contribution in [3.8, 4) is 0 Å². The summed E-state index contributed by atoms with van der Waals surface area (Å²) < 4.78 is 0. The predicted molar refractivity (Wildman–Crippen MR) is 53.1 cm³/mol. The zero-order valence-corrected chi connectivity index (χ0v) is 7.17. The molecule has 0 aliphatic rings. The van der Waals surface area contributed by atoms with Gasteiger partial charge in [0.15, 0.2) is 0 Å². The SMILES string of the molecule is [CH2]c1cccc2c(C)cccc12. The van der Waals surface area contributed by atoms with E-state index in [-0.39, 0.29) is 0 Å². The highest BCUT2D eigenvalue weighted by atomic mass is 14.0. The van der Waals surface area contributed by atoms with E-state index in [1.807, 2.05) is 6.07 Å². The Bertz CT molecular complexity index is 372. The van der Waals surface area contributed by atoms with E-state index < -0.39 is 0 Å². The van der Waals surface area contributed by atoms with Crippen LogP contribution in [-0.4, -0.2) is 0 Å². The maximum Gasteiger partial charge on any atom is -0.0149 e. The number of fused-ring (bicyclic) bond motifs is 1.